The molecule has 2 aromatic heterocycles. The zero-order chi connectivity index (χ0) is 14.6. The Morgan fingerprint density at radius 2 is 2.19 bits per heavy atom. The van der Waals surface area contributed by atoms with Crippen molar-refractivity contribution in [3.8, 4) is 0 Å². The summed E-state index contributed by atoms with van der Waals surface area (Å²) in [7, 11) is 1.37. The van der Waals surface area contributed by atoms with Crippen molar-refractivity contribution >= 4 is 34.1 Å². The van der Waals surface area contributed by atoms with Gasteiger partial charge in [-0.3, -0.25) is 4.40 Å². The van der Waals surface area contributed by atoms with Crippen LogP contribution in [0.2, 0.25) is 5.15 Å². The second-order valence-corrected chi connectivity index (χ2v) is 5.57. The van der Waals surface area contributed by atoms with Crippen LogP contribution in [0, 0.1) is 0 Å². The molecule has 0 bridgehead atoms. The number of rotatable bonds is 2. The molecular formula is C15H12ClN3O2. The van der Waals surface area contributed by atoms with Gasteiger partial charge in [-0.2, -0.15) is 0 Å². The van der Waals surface area contributed by atoms with Crippen molar-refractivity contribution < 1.29 is 9.53 Å². The Bertz CT molecular complexity index is 883. The first-order valence-corrected chi connectivity index (χ1v) is 7.12. The lowest BCUT2D eigenvalue weighted by Gasteiger charge is -2.08. The molecule has 106 valence electrons. The Morgan fingerprint density at radius 3 is 2.90 bits per heavy atom. The summed E-state index contributed by atoms with van der Waals surface area (Å²) in [5.74, 6) is 1.09. The Kier molecular flexibility index (Phi) is 2.65. The van der Waals surface area contributed by atoms with Crippen molar-refractivity contribution in [1.82, 2.24) is 14.4 Å². The zero-order valence-electron chi connectivity index (χ0n) is 11.3. The zero-order valence-corrected chi connectivity index (χ0v) is 12.1. The lowest BCUT2D eigenvalue weighted by Crippen LogP contribution is -2.03. The fraction of sp³-hybridized carbons (Fsp3) is 0.267. The van der Waals surface area contributed by atoms with Gasteiger partial charge in [0.2, 0.25) is 0 Å². The minimum absolute atomic E-state index is 0.368. The first-order valence-electron chi connectivity index (χ1n) is 6.74. The summed E-state index contributed by atoms with van der Waals surface area (Å²) in [4.78, 5) is 20.6. The summed E-state index contributed by atoms with van der Waals surface area (Å²) in [5, 5.41) is 0.424. The van der Waals surface area contributed by atoms with E-state index in [9.17, 15) is 4.79 Å². The Morgan fingerprint density at radius 1 is 1.38 bits per heavy atom. The third-order valence-corrected chi connectivity index (χ3v) is 4.08. The van der Waals surface area contributed by atoms with Crippen LogP contribution in [-0.2, 0) is 4.74 Å². The van der Waals surface area contributed by atoms with Crippen molar-refractivity contribution in [3.05, 3.63) is 40.9 Å². The van der Waals surface area contributed by atoms with Gasteiger partial charge in [-0.25, -0.2) is 14.8 Å². The molecule has 3 aromatic rings. The number of carbonyl (C=O) groups is 1. The highest BCUT2D eigenvalue weighted by Gasteiger charge is 2.29. The van der Waals surface area contributed by atoms with E-state index in [2.05, 4.69) is 9.97 Å². The van der Waals surface area contributed by atoms with Crippen LogP contribution in [0.4, 0.5) is 0 Å². The van der Waals surface area contributed by atoms with E-state index in [1.54, 1.807) is 24.4 Å². The van der Waals surface area contributed by atoms with Crippen molar-refractivity contribution in [3.63, 3.8) is 0 Å². The molecule has 0 unspecified atom stereocenters. The summed E-state index contributed by atoms with van der Waals surface area (Å²) in [6.45, 7) is 0. The summed E-state index contributed by atoms with van der Waals surface area (Å²) < 4.78 is 6.79. The number of hydrogen-bond donors (Lipinski definition) is 0. The first kappa shape index (κ1) is 12.6. The summed E-state index contributed by atoms with van der Waals surface area (Å²) >= 11 is 6.24. The Balaban J connectivity index is 2.08. The second-order valence-electron chi connectivity index (χ2n) is 5.21. The highest BCUT2D eigenvalue weighted by molar-refractivity contribution is 6.33. The molecule has 0 saturated heterocycles. The molecule has 1 aliphatic rings. The van der Waals surface area contributed by atoms with Gasteiger partial charge in [-0.05, 0) is 31.0 Å². The van der Waals surface area contributed by atoms with E-state index in [0.29, 0.717) is 16.6 Å². The van der Waals surface area contributed by atoms with Gasteiger partial charge >= 0.3 is 5.97 Å². The van der Waals surface area contributed by atoms with Gasteiger partial charge < -0.3 is 4.74 Å². The molecule has 0 spiro atoms. The number of halogens is 1. The van der Waals surface area contributed by atoms with Gasteiger partial charge in [0.1, 0.15) is 11.3 Å². The lowest BCUT2D eigenvalue weighted by molar-refractivity contribution is 0.0601. The third kappa shape index (κ3) is 1.88. The van der Waals surface area contributed by atoms with Gasteiger partial charge in [0.25, 0.3) is 0 Å². The molecule has 21 heavy (non-hydrogen) atoms. The van der Waals surface area contributed by atoms with E-state index in [1.165, 1.54) is 7.11 Å². The van der Waals surface area contributed by atoms with E-state index >= 15 is 0 Å². The Labute approximate surface area is 125 Å². The summed E-state index contributed by atoms with van der Waals surface area (Å²) in [6, 6.07) is 5.26. The molecule has 4 rings (SSSR count). The number of carbonyl (C=O) groups excluding carboxylic acids is 1. The molecule has 0 radical (unpaired) electrons. The van der Waals surface area contributed by atoms with Crippen LogP contribution in [0.3, 0.4) is 0 Å². The van der Waals surface area contributed by atoms with Crippen molar-refractivity contribution in [2.24, 2.45) is 0 Å². The molecule has 2 heterocycles. The molecule has 0 N–H and O–H groups in total. The van der Waals surface area contributed by atoms with E-state index in [4.69, 9.17) is 16.3 Å². The maximum absolute atomic E-state index is 11.7. The number of benzene rings is 1. The van der Waals surface area contributed by atoms with Crippen LogP contribution in [0.25, 0.3) is 16.6 Å². The number of fused-ring (bicyclic) bond motifs is 3. The van der Waals surface area contributed by atoms with Crippen LogP contribution in [0.15, 0.2) is 24.4 Å². The van der Waals surface area contributed by atoms with Gasteiger partial charge in [0, 0.05) is 5.92 Å². The molecule has 1 fully saturated rings. The highest BCUT2D eigenvalue weighted by Crippen LogP contribution is 2.40. The van der Waals surface area contributed by atoms with Crippen LogP contribution in [0.1, 0.15) is 34.9 Å². The molecule has 0 amide bonds. The maximum atomic E-state index is 11.7. The van der Waals surface area contributed by atoms with E-state index in [0.717, 1.165) is 35.2 Å². The number of imidazole rings is 1. The third-order valence-electron chi connectivity index (χ3n) is 3.80. The largest absolute Gasteiger partial charge is 0.465 e. The normalized spacial score (nSPS) is 14.8. The number of hydrogen-bond acceptors (Lipinski definition) is 4. The van der Waals surface area contributed by atoms with Crippen molar-refractivity contribution in [2.75, 3.05) is 7.11 Å². The topological polar surface area (TPSA) is 56.5 Å². The van der Waals surface area contributed by atoms with Gasteiger partial charge in [0.05, 0.1) is 29.9 Å². The molecule has 5 nitrogen and oxygen atoms in total. The average Bonchev–Trinajstić information content (AvgIpc) is 3.24. The number of aromatic nitrogens is 3. The van der Waals surface area contributed by atoms with Crippen molar-refractivity contribution in [2.45, 2.75) is 18.8 Å². The van der Waals surface area contributed by atoms with Gasteiger partial charge in [0.15, 0.2) is 5.15 Å². The van der Waals surface area contributed by atoms with Crippen LogP contribution in [0.5, 0.6) is 0 Å². The van der Waals surface area contributed by atoms with Crippen LogP contribution in [-0.4, -0.2) is 27.4 Å². The fourth-order valence-electron chi connectivity index (χ4n) is 2.60. The van der Waals surface area contributed by atoms with Crippen LogP contribution >= 0.6 is 11.6 Å². The molecule has 1 aromatic carbocycles. The first-order chi connectivity index (χ1) is 10.2. The predicted molar refractivity (Wildman–Crippen MR) is 78.8 cm³/mol. The fourth-order valence-corrected chi connectivity index (χ4v) is 2.82. The molecular weight excluding hydrogens is 290 g/mol. The number of ether oxygens (including phenoxy) is 1. The quantitative estimate of drug-likeness (QED) is 0.682. The monoisotopic (exact) mass is 301 g/mol. The van der Waals surface area contributed by atoms with E-state index in [1.807, 2.05) is 4.40 Å². The van der Waals surface area contributed by atoms with Crippen molar-refractivity contribution in [1.29, 1.82) is 0 Å². The number of nitrogens with zero attached hydrogens (tertiary/aromatic N) is 3. The SMILES string of the molecule is COC(=O)c1ccc2nc(Cl)c3cnc(C4CC4)n3c2c1. The Hall–Kier alpha value is -2.14. The van der Waals surface area contributed by atoms with E-state index < -0.39 is 0 Å². The molecule has 1 aliphatic carbocycles. The highest BCUT2D eigenvalue weighted by atomic mass is 35.5. The minimum atomic E-state index is -0.368. The summed E-state index contributed by atoms with van der Waals surface area (Å²) in [5.41, 5.74) is 2.83. The minimum Gasteiger partial charge on any atom is -0.465 e. The van der Waals surface area contributed by atoms with Crippen LogP contribution < -0.4 is 0 Å². The van der Waals surface area contributed by atoms with Gasteiger partial charge in [-0.15, -0.1) is 0 Å². The second kappa shape index (κ2) is 4.43. The smallest absolute Gasteiger partial charge is 0.337 e. The molecule has 6 heteroatoms. The summed E-state index contributed by atoms with van der Waals surface area (Å²) in [6.07, 6.45) is 4.02. The molecule has 1 saturated carbocycles. The molecule has 0 aliphatic heterocycles. The predicted octanol–water partition coefficient (Wildman–Crippen LogP) is 3.20. The molecule has 0 atom stereocenters. The average molecular weight is 302 g/mol. The lowest BCUT2D eigenvalue weighted by atomic mass is 10.2. The van der Waals surface area contributed by atoms with E-state index in [-0.39, 0.29) is 5.97 Å². The standard InChI is InChI=1S/C15H12ClN3O2/c1-21-15(20)9-4-5-10-11(6-9)19-12(13(16)18-10)7-17-14(19)8-2-3-8/h4-8H,2-3H2,1H3. The number of methoxy groups -OCH3 is 1. The van der Waals surface area contributed by atoms with Gasteiger partial charge in [-0.1, -0.05) is 11.6 Å². The number of esters is 1. The maximum Gasteiger partial charge on any atom is 0.337 e.